The summed E-state index contributed by atoms with van der Waals surface area (Å²) in [4.78, 5) is 13.8. The van der Waals surface area contributed by atoms with Crippen molar-refractivity contribution in [1.82, 2.24) is 5.32 Å². The van der Waals surface area contributed by atoms with Crippen molar-refractivity contribution in [3.8, 4) is 0 Å². The van der Waals surface area contributed by atoms with E-state index in [1.165, 1.54) is 7.05 Å². The second-order valence-electron chi connectivity index (χ2n) is 8.48. The predicted molar refractivity (Wildman–Crippen MR) is 140 cm³/mol. The molecule has 1 N–H and O–H groups in total. The van der Waals surface area contributed by atoms with Gasteiger partial charge < -0.3 is 5.32 Å². The minimum atomic E-state index is -3.85. The van der Waals surface area contributed by atoms with Crippen molar-refractivity contribution < 1.29 is 13.2 Å². The van der Waals surface area contributed by atoms with Gasteiger partial charge in [0.05, 0.1) is 22.2 Å². The number of aryl methyl sites for hydroxylation is 2. The number of nitrogens with one attached hydrogen (secondary N) is 1. The highest BCUT2D eigenvalue weighted by molar-refractivity contribution is 7.92. The van der Waals surface area contributed by atoms with Crippen LogP contribution in [0.1, 0.15) is 38.7 Å². The molecule has 178 valence electrons. The Morgan fingerprint density at radius 3 is 2.06 bits per heavy atom. The van der Waals surface area contributed by atoms with Crippen LogP contribution in [0, 0.1) is 13.8 Å². The van der Waals surface area contributed by atoms with Crippen LogP contribution in [-0.2, 0) is 10.0 Å². The molecule has 1 amide bonds. The molecule has 0 bridgehead atoms. The number of anilines is 1. The van der Waals surface area contributed by atoms with Crippen molar-refractivity contribution in [3.05, 3.63) is 131 Å². The minimum absolute atomic E-state index is 0.169. The first-order valence-electron chi connectivity index (χ1n) is 11.3. The number of carbonyl (C=O) groups is 1. The van der Waals surface area contributed by atoms with E-state index >= 15 is 0 Å². The maximum Gasteiger partial charge on any atom is 0.264 e. The first-order chi connectivity index (χ1) is 16.8. The van der Waals surface area contributed by atoms with Crippen LogP contribution in [0.4, 0.5) is 5.69 Å². The number of hydrogen-bond donors (Lipinski definition) is 1. The number of nitrogens with zero attached hydrogens (tertiary/aromatic N) is 1. The van der Waals surface area contributed by atoms with Gasteiger partial charge in [0.15, 0.2) is 0 Å². The second kappa shape index (κ2) is 10.2. The molecule has 0 fully saturated rings. The van der Waals surface area contributed by atoms with Crippen molar-refractivity contribution in [2.45, 2.75) is 24.8 Å². The predicted octanol–water partition coefficient (Wildman–Crippen LogP) is 5.65. The normalized spacial score (nSPS) is 12.1. The number of hydrogen-bond acceptors (Lipinski definition) is 3. The van der Waals surface area contributed by atoms with Gasteiger partial charge in [-0.05, 0) is 54.8 Å². The monoisotopic (exact) mass is 484 g/mol. The Balaban J connectivity index is 1.71. The summed E-state index contributed by atoms with van der Waals surface area (Å²) in [5.74, 6) is -0.358. The molecular weight excluding hydrogens is 456 g/mol. The van der Waals surface area contributed by atoms with Crippen LogP contribution in [0.2, 0.25) is 0 Å². The molecule has 0 heterocycles. The zero-order valence-corrected chi connectivity index (χ0v) is 20.8. The molecule has 0 aliphatic rings. The summed E-state index contributed by atoms with van der Waals surface area (Å²) >= 11 is 0. The van der Waals surface area contributed by atoms with Crippen LogP contribution in [0.3, 0.4) is 0 Å². The summed E-state index contributed by atoms with van der Waals surface area (Å²) < 4.78 is 27.8. The molecule has 1 atom stereocenters. The standard InChI is InChI=1S/C29H28N2O3S/c1-21-17-19-24(20-18-21)35(33,34)31(3)27-16-10-9-15-26(27)29(32)30-28(23-12-5-4-6-13-23)25-14-8-7-11-22(25)2/h4-20,28H,1-3H3,(H,30,32). The van der Waals surface area contributed by atoms with E-state index in [2.05, 4.69) is 5.32 Å². The average Bonchev–Trinajstić information content (AvgIpc) is 2.88. The topological polar surface area (TPSA) is 66.5 Å². The third-order valence-electron chi connectivity index (χ3n) is 6.08. The fourth-order valence-electron chi connectivity index (χ4n) is 4.04. The molecule has 4 rings (SSSR count). The van der Waals surface area contributed by atoms with Gasteiger partial charge in [0.2, 0.25) is 0 Å². The number of rotatable bonds is 7. The molecule has 1 unspecified atom stereocenters. The maximum absolute atomic E-state index is 13.6. The minimum Gasteiger partial charge on any atom is -0.341 e. The fourth-order valence-corrected chi connectivity index (χ4v) is 5.26. The Morgan fingerprint density at radius 1 is 0.771 bits per heavy atom. The Kier molecular flexibility index (Phi) is 7.03. The SMILES string of the molecule is Cc1ccc(S(=O)(=O)N(C)c2ccccc2C(=O)NC(c2ccccc2)c2ccccc2C)cc1. The second-order valence-corrected chi connectivity index (χ2v) is 10.4. The van der Waals surface area contributed by atoms with Gasteiger partial charge in [-0.15, -0.1) is 0 Å². The van der Waals surface area contributed by atoms with Gasteiger partial charge >= 0.3 is 0 Å². The van der Waals surface area contributed by atoms with Gasteiger partial charge in [0.1, 0.15) is 0 Å². The molecular formula is C29H28N2O3S. The summed E-state index contributed by atoms with van der Waals surface area (Å²) in [6.45, 7) is 3.91. The Morgan fingerprint density at radius 2 is 1.37 bits per heavy atom. The molecule has 0 aromatic heterocycles. The van der Waals surface area contributed by atoms with Gasteiger partial charge in [-0.1, -0.05) is 84.4 Å². The Bertz CT molecular complexity index is 1430. The summed E-state index contributed by atoms with van der Waals surface area (Å²) in [6, 6.07) is 30.7. The molecule has 6 heteroatoms. The zero-order chi connectivity index (χ0) is 25.0. The van der Waals surface area contributed by atoms with Crippen molar-refractivity contribution in [3.63, 3.8) is 0 Å². The van der Waals surface area contributed by atoms with Gasteiger partial charge in [0.25, 0.3) is 15.9 Å². The summed E-state index contributed by atoms with van der Waals surface area (Å²) in [7, 11) is -2.38. The van der Waals surface area contributed by atoms with Crippen molar-refractivity contribution >= 4 is 21.6 Å². The number of sulfonamides is 1. The molecule has 0 aliphatic carbocycles. The third-order valence-corrected chi connectivity index (χ3v) is 7.86. The number of carbonyl (C=O) groups excluding carboxylic acids is 1. The average molecular weight is 485 g/mol. The van der Waals surface area contributed by atoms with E-state index < -0.39 is 16.1 Å². The van der Waals surface area contributed by atoms with Gasteiger partial charge in [-0.2, -0.15) is 0 Å². The van der Waals surface area contributed by atoms with Crippen molar-refractivity contribution in [2.75, 3.05) is 11.4 Å². The lowest BCUT2D eigenvalue weighted by Gasteiger charge is -2.25. The van der Waals surface area contributed by atoms with E-state index in [0.29, 0.717) is 5.69 Å². The van der Waals surface area contributed by atoms with E-state index in [9.17, 15) is 13.2 Å². The molecule has 0 saturated heterocycles. The molecule has 4 aromatic carbocycles. The molecule has 0 aliphatic heterocycles. The Hall–Kier alpha value is -3.90. The molecule has 0 spiro atoms. The van der Waals surface area contributed by atoms with E-state index in [-0.39, 0.29) is 16.4 Å². The summed E-state index contributed by atoms with van der Waals surface area (Å²) in [5.41, 5.74) is 4.52. The largest absolute Gasteiger partial charge is 0.341 e. The van der Waals surface area contributed by atoms with Gasteiger partial charge in [-0.3, -0.25) is 9.10 Å². The number of amides is 1. The van der Waals surface area contributed by atoms with E-state index in [1.807, 2.05) is 68.4 Å². The van der Waals surface area contributed by atoms with Crippen LogP contribution < -0.4 is 9.62 Å². The van der Waals surface area contributed by atoms with E-state index in [0.717, 1.165) is 26.6 Å². The highest BCUT2D eigenvalue weighted by Crippen LogP contribution is 2.29. The highest BCUT2D eigenvalue weighted by atomic mass is 32.2. The molecule has 4 aromatic rings. The molecule has 5 nitrogen and oxygen atoms in total. The Labute approximate surface area is 207 Å². The quantitative estimate of drug-likeness (QED) is 0.369. The van der Waals surface area contributed by atoms with Crippen LogP contribution in [-0.4, -0.2) is 21.4 Å². The molecule has 0 radical (unpaired) electrons. The van der Waals surface area contributed by atoms with E-state index in [4.69, 9.17) is 0 Å². The van der Waals surface area contributed by atoms with E-state index in [1.54, 1.807) is 48.5 Å². The van der Waals surface area contributed by atoms with Gasteiger partial charge in [-0.25, -0.2) is 8.42 Å². The molecule has 0 saturated carbocycles. The van der Waals surface area contributed by atoms with Gasteiger partial charge in [0, 0.05) is 7.05 Å². The number of para-hydroxylation sites is 1. The number of benzene rings is 4. The third kappa shape index (κ3) is 5.12. The summed E-state index contributed by atoms with van der Waals surface area (Å²) in [6.07, 6.45) is 0. The smallest absolute Gasteiger partial charge is 0.264 e. The van der Waals surface area contributed by atoms with Crippen molar-refractivity contribution in [1.29, 1.82) is 0 Å². The first-order valence-corrected chi connectivity index (χ1v) is 12.8. The van der Waals surface area contributed by atoms with Crippen molar-refractivity contribution in [2.24, 2.45) is 0 Å². The lowest BCUT2D eigenvalue weighted by Crippen LogP contribution is -2.33. The molecule has 35 heavy (non-hydrogen) atoms. The van der Waals surface area contributed by atoms with Crippen LogP contribution in [0.15, 0.2) is 108 Å². The fraction of sp³-hybridized carbons (Fsp3) is 0.138. The zero-order valence-electron chi connectivity index (χ0n) is 20.0. The lowest BCUT2D eigenvalue weighted by molar-refractivity contribution is 0.0943. The summed E-state index contributed by atoms with van der Waals surface area (Å²) in [5, 5.41) is 3.14. The van der Waals surface area contributed by atoms with Crippen LogP contribution in [0.5, 0.6) is 0 Å². The lowest BCUT2D eigenvalue weighted by atomic mass is 9.94. The first kappa shape index (κ1) is 24.2. The highest BCUT2D eigenvalue weighted by Gasteiger charge is 2.26. The van der Waals surface area contributed by atoms with Crippen LogP contribution in [0.25, 0.3) is 0 Å². The van der Waals surface area contributed by atoms with Crippen LogP contribution >= 0.6 is 0 Å². The maximum atomic E-state index is 13.6.